The van der Waals surface area contributed by atoms with Crippen molar-refractivity contribution in [2.24, 2.45) is 0 Å². The van der Waals surface area contributed by atoms with Gasteiger partial charge in [0.25, 0.3) is 11.7 Å². The van der Waals surface area contributed by atoms with Crippen LogP contribution in [0.25, 0.3) is 5.76 Å². The van der Waals surface area contributed by atoms with E-state index in [1.165, 1.54) is 0 Å². The van der Waals surface area contributed by atoms with Crippen LogP contribution in [0.4, 0.5) is 0 Å². The molecule has 2 aromatic rings. The monoisotopic (exact) mass is 516 g/mol. The number of unbranched alkanes of at least 4 members (excludes halogenated alkanes) is 2. The summed E-state index contributed by atoms with van der Waals surface area (Å²) in [5.74, 6) is -1.52. The zero-order valence-electron chi connectivity index (χ0n) is 20.5. The Morgan fingerprint density at radius 1 is 0.943 bits per heavy atom. The van der Waals surface area contributed by atoms with Crippen LogP contribution in [-0.2, 0) is 9.59 Å². The summed E-state index contributed by atoms with van der Waals surface area (Å²) in [5, 5.41) is 11.9. The minimum Gasteiger partial charge on any atom is -0.507 e. The molecular weight excluding hydrogens is 483 g/mol. The number of aliphatic hydroxyl groups excluding tert-OH is 1. The van der Waals surface area contributed by atoms with E-state index in [1.54, 1.807) is 47.4 Å². The average molecular weight is 517 g/mol. The third-order valence-corrected chi connectivity index (χ3v) is 6.94. The summed E-state index contributed by atoms with van der Waals surface area (Å²) in [5.41, 5.74) is 1.10. The minimum absolute atomic E-state index is 0.0549. The number of carbonyl (C=O) groups is 2. The fourth-order valence-electron chi connectivity index (χ4n) is 4.47. The summed E-state index contributed by atoms with van der Waals surface area (Å²) in [6, 6.07) is 13.0. The van der Waals surface area contributed by atoms with E-state index in [2.05, 4.69) is 18.7 Å². The molecule has 1 fully saturated rings. The SMILES string of the molecule is CCCCN(CCCC)CCCN1C(=O)C(=O)C(=C(O)c2ccccc2)[C@H]1c1ccc(Cl)cc1Cl. The molecule has 2 aromatic carbocycles. The van der Waals surface area contributed by atoms with Gasteiger partial charge in [0.1, 0.15) is 5.76 Å². The Morgan fingerprint density at radius 3 is 2.17 bits per heavy atom. The zero-order chi connectivity index (χ0) is 25.4. The zero-order valence-corrected chi connectivity index (χ0v) is 22.0. The Morgan fingerprint density at radius 2 is 1.57 bits per heavy atom. The molecule has 0 radical (unpaired) electrons. The Kier molecular flexibility index (Phi) is 10.2. The van der Waals surface area contributed by atoms with Crippen LogP contribution in [0, 0.1) is 0 Å². The molecule has 7 heteroatoms. The quantitative estimate of drug-likeness (QED) is 0.193. The highest BCUT2D eigenvalue weighted by Gasteiger charge is 2.46. The molecule has 3 rings (SSSR count). The normalized spacial score (nSPS) is 17.5. The highest BCUT2D eigenvalue weighted by atomic mass is 35.5. The molecule has 1 aliphatic heterocycles. The molecule has 5 nitrogen and oxygen atoms in total. The van der Waals surface area contributed by atoms with Crippen molar-refractivity contribution in [1.29, 1.82) is 0 Å². The smallest absolute Gasteiger partial charge is 0.295 e. The summed E-state index contributed by atoms with van der Waals surface area (Å²) in [6.45, 7) is 7.63. The number of likely N-dealkylation sites (tertiary alicyclic amines) is 1. The third kappa shape index (κ3) is 6.66. The predicted molar refractivity (Wildman–Crippen MR) is 143 cm³/mol. The number of rotatable bonds is 12. The lowest BCUT2D eigenvalue weighted by Crippen LogP contribution is -2.34. The molecule has 1 amide bonds. The fourth-order valence-corrected chi connectivity index (χ4v) is 4.98. The second-order valence-corrected chi connectivity index (χ2v) is 9.77. The number of benzene rings is 2. The summed E-state index contributed by atoms with van der Waals surface area (Å²) < 4.78 is 0. The lowest BCUT2D eigenvalue weighted by atomic mass is 9.95. The molecule has 1 atom stereocenters. The third-order valence-electron chi connectivity index (χ3n) is 6.37. The number of amides is 1. The van der Waals surface area contributed by atoms with E-state index in [0.717, 1.165) is 45.3 Å². The predicted octanol–water partition coefficient (Wildman–Crippen LogP) is 6.71. The summed E-state index contributed by atoms with van der Waals surface area (Å²) in [6.07, 6.45) is 5.24. The fraction of sp³-hybridized carbons (Fsp3) is 0.429. The second-order valence-electron chi connectivity index (χ2n) is 8.93. The number of ketones is 1. The van der Waals surface area contributed by atoms with Gasteiger partial charge in [-0.3, -0.25) is 9.59 Å². The van der Waals surface area contributed by atoms with E-state index < -0.39 is 17.7 Å². The highest BCUT2D eigenvalue weighted by molar-refractivity contribution is 6.47. The Hall–Kier alpha value is -2.34. The van der Waals surface area contributed by atoms with Crippen LogP contribution in [0.2, 0.25) is 10.0 Å². The molecule has 35 heavy (non-hydrogen) atoms. The molecule has 1 saturated heterocycles. The van der Waals surface area contributed by atoms with Crippen LogP contribution in [0.5, 0.6) is 0 Å². The van der Waals surface area contributed by atoms with E-state index in [9.17, 15) is 14.7 Å². The molecule has 0 unspecified atom stereocenters. The van der Waals surface area contributed by atoms with Crippen LogP contribution >= 0.6 is 23.2 Å². The van der Waals surface area contributed by atoms with Gasteiger partial charge in [0.2, 0.25) is 0 Å². The number of Topliss-reactive ketones (excluding diaryl/α,β-unsaturated/α-hetero) is 1. The topological polar surface area (TPSA) is 60.9 Å². The van der Waals surface area contributed by atoms with E-state index in [4.69, 9.17) is 23.2 Å². The van der Waals surface area contributed by atoms with Gasteiger partial charge in [-0.05, 0) is 56.6 Å². The first-order valence-electron chi connectivity index (χ1n) is 12.4. The Labute approximate surface area is 218 Å². The first-order valence-corrected chi connectivity index (χ1v) is 13.2. The van der Waals surface area contributed by atoms with Crippen molar-refractivity contribution in [2.45, 2.75) is 52.0 Å². The molecule has 1 heterocycles. The van der Waals surface area contributed by atoms with E-state index in [0.29, 0.717) is 34.1 Å². The van der Waals surface area contributed by atoms with Gasteiger partial charge < -0.3 is 14.9 Å². The van der Waals surface area contributed by atoms with Gasteiger partial charge in [-0.2, -0.15) is 0 Å². The summed E-state index contributed by atoms with van der Waals surface area (Å²) in [4.78, 5) is 30.3. The van der Waals surface area contributed by atoms with Crippen molar-refractivity contribution < 1.29 is 14.7 Å². The molecule has 0 saturated carbocycles. The molecule has 0 aliphatic carbocycles. The van der Waals surface area contributed by atoms with Crippen molar-refractivity contribution in [3.05, 3.63) is 75.3 Å². The van der Waals surface area contributed by atoms with Crippen molar-refractivity contribution >= 4 is 40.7 Å². The molecule has 0 spiro atoms. The highest BCUT2D eigenvalue weighted by Crippen LogP contribution is 2.42. The Balaban J connectivity index is 1.93. The molecule has 0 aromatic heterocycles. The number of aliphatic hydroxyl groups is 1. The number of hydrogen-bond acceptors (Lipinski definition) is 4. The molecule has 1 aliphatic rings. The van der Waals surface area contributed by atoms with Crippen LogP contribution < -0.4 is 0 Å². The van der Waals surface area contributed by atoms with Gasteiger partial charge in [0, 0.05) is 22.2 Å². The van der Waals surface area contributed by atoms with Crippen molar-refractivity contribution in [3.63, 3.8) is 0 Å². The van der Waals surface area contributed by atoms with Crippen molar-refractivity contribution in [3.8, 4) is 0 Å². The van der Waals surface area contributed by atoms with E-state index in [-0.39, 0.29) is 11.3 Å². The number of nitrogens with zero attached hydrogens (tertiary/aromatic N) is 2. The maximum atomic E-state index is 13.2. The van der Waals surface area contributed by atoms with Gasteiger partial charge in [0.05, 0.1) is 11.6 Å². The number of carbonyl (C=O) groups excluding carboxylic acids is 2. The van der Waals surface area contributed by atoms with Gasteiger partial charge in [-0.25, -0.2) is 0 Å². The lowest BCUT2D eigenvalue weighted by Gasteiger charge is -2.28. The van der Waals surface area contributed by atoms with Gasteiger partial charge in [-0.1, -0.05) is 86.3 Å². The molecule has 188 valence electrons. The van der Waals surface area contributed by atoms with E-state index >= 15 is 0 Å². The Bertz CT molecular complexity index is 1050. The van der Waals surface area contributed by atoms with Crippen LogP contribution in [-0.4, -0.2) is 52.8 Å². The molecule has 0 bridgehead atoms. The summed E-state index contributed by atoms with van der Waals surface area (Å²) >= 11 is 12.7. The van der Waals surface area contributed by atoms with E-state index in [1.807, 2.05) is 6.07 Å². The molecule has 1 N–H and O–H groups in total. The number of halogens is 2. The van der Waals surface area contributed by atoms with Crippen molar-refractivity contribution in [1.82, 2.24) is 9.80 Å². The minimum atomic E-state index is -0.778. The van der Waals surface area contributed by atoms with Crippen LogP contribution in [0.3, 0.4) is 0 Å². The average Bonchev–Trinajstić information content (AvgIpc) is 3.10. The van der Waals surface area contributed by atoms with Crippen LogP contribution in [0.15, 0.2) is 54.1 Å². The first-order chi connectivity index (χ1) is 16.9. The second kappa shape index (κ2) is 13.1. The standard InChI is InChI=1S/C28H34Cl2N2O3/c1-3-5-15-31(16-6-4-2)17-10-18-32-25(22-14-13-21(29)19-23(22)30)24(27(34)28(32)35)26(33)20-11-8-7-9-12-20/h7-9,11-14,19,25,33H,3-6,10,15-18H2,1-2H3/t25-/m1/s1. The molecular formula is C28H34Cl2N2O3. The summed E-state index contributed by atoms with van der Waals surface area (Å²) in [7, 11) is 0. The maximum Gasteiger partial charge on any atom is 0.295 e. The lowest BCUT2D eigenvalue weighted by molar-refractivity contribution is -0.140. The van der Waals surface area contributed by atoms with Gasteiger partial charge in [0.15, 0.2) is 0 Å². The number of hydrogen-bond donors (Lipinski definition) is 1. The first kappa shape index (κ1) is 27.3. The largest absolute Gasteiger partial charge is 0.507 e. The van der Waals surface area contributed by atoms with Gasteiger partial charge >= 0.3 is 0 Å². The van der Waals surface area contributed by atoms with Crippen LogP contribution in [0.1, 0.15) is 63.1 Å². The van der Waals surface area contributed by atoms with Crippen molar-refractivity contribution in [2.75, 3.05) is 26.2 Å². The maximum absolute atomic E-state index is 13.2. The van der Waals surface area contributed by atoms with Gasteiger partial charge in [-0.15, -0.1) is 0 Å².